The Morgan fingerprint density at radius 3 is 3.00 bits per heavy atom. The highest BCUT2D eigenvalue weighted by Gasteiger charge is 2.16. The van der Waals surface area contributed by atoms with Crippen LogP contribution in [0.15, 0.2) is 30.7 Å². The minimum Gasteiger partial charge on any atom is -0.381 e. The third kappa shape index (κ3) is 4.07. The third-order valence-electron chi connectivity index (χ3n) is 3.87. The maximum atomic E-state index is 12.0. The van der Waals surface area contributed by atoms with Crippen molar-refractivity contribution in [3.05, 3.63) is 36.3 Å². The number of carbonyl (C=O) groups is 1. The maximum Gasteiger partial charge on any atom is 0.315 e. The van der Waals surface area contributed by atoms with Gasteiger partial charge in [0.25, 0.3) is 0 Å². The fourth-order valence-electron chi connectivity index (χ4n) is 2.64. The lowest BCUT2D eigenvalue weighted by molar-refractivity contribution is 0.0801. The summed E-state index contributed by atoms with van der Waals surface area (Å²) in [6.45, 7) is 1.84. The standard InChI is InChI=1S/C16H21N5O2/c1-21-11-13(10-19-21)15-12(3-2-6-17-15)9-18-16(22)20-14-4-7-23-8-5-14/h2-3,6,10-11,14H,4-5,7-9H2,1H3,(H2,18,20,22). The van der Waals surface area contributed by atoms with Crippen molar-refractivity contribution in [2.75, 3.05) is 13.2 Å². The molecule has 2 aromatic rings. The van der Waals surface area contributed by atoms with Crippen LogP contribution in [0.25, 0.3) is 11.3 Å². The molecule has 23 heavy (non-hydrogen) atoms. The second-order valence-corrected chi connectivity index (χ2v) is 5.63. The van der Waals surface area contributed by atoms with E-state index in [1.165, 1.54) is 0 Å². The molecule has 0 atom stereocenters. The van der Waals surface area contributed by atoms with Gasteiger partial charge in [0.15, 0.2) is 0 Å². The molecule has 1 saturated heterocycles. The van der Waals surface area contributed by atoms with Gasteiger partial charge >= 0.3 is 6.03 Å². The molecule has 3 rings (SSSR count). The van der Waals surface area contributed by atoms with Crippen molar-refractivity contribution >= 4 is 6.03 Å². The number of hydrogen-bond acceptors (Lipinski definition) is 4. The van der Waals surface area contributed by atoms with Gasteiger partial charge in [0, 0.05) is 50.8 Å². The van der Waals surface area contributed by atoms with Gasteiger partial charge in [-0.05, 0) is 24.5 Å². The SMILES string of the molecule is Cn1cc(-c2ncccc2CNC(=O)NC2CCOCC2)cn1. The first-order chi connectivity index (χ1) is 11.2. The van der Waals surface area contributed by atoms with Crippen LogP contribution < -0.4 is 10.6 Å². The number of amides is 2. The fraction of sp³-hybridized carbons (Fsp3) is 0.438. The first-order valence-corrected chi connectivity index (χ1v) is 7.77. The summed E-state index contributed by atoms with van der Waals surface area (Å²) in [5.41, 5.74) is 2.74. The predicted molar refractivity (Wildman–Crippen MR) is 85.7 cm³/mol. The Morgan fingerprint density at radius 2 is 2.26 bits per heavy atom. The second-order valence-electron chi connectivity index (χ2n) is 5.63. The van der Waals surface area contributed by atoms with Crippen LogP contribution in [0.5, 0.6) is 0 Å². The van der Waals surface area contributed by atoms with Crippen molar-refractivity contribution in [2.24, 2.45) is 7.05 Å². The van der Waals surface area contributed by atoms with E-state index in [2.05, 4.69) is 20.7 Å². The molecule has 0 aromatic carbocycles. The summed E-state index contributed by atoms with van der Waals surface area (Å²) in [4.78, 5) is 16.5. The Labute approximate surface area is 135 Å². The molecule has 122 valence electrons. The fourth-order valence-corrected chi connectivity index (χ4v) is 2.64. The van der Waals surface area contributed by atoms with Gasteiger partial charge in [-0.3, -0.25) is 9.67 Å². The van der Waals surface area contributed by atoms with Crippen molar-refractivity contribution < 1.29 is 9.53 Å². The number of ether oxygens (including phenoxy) is 1. The zero-order valence-corrected chi connectivity index (χ0v) is 13.2. The van der Waals surface area contributed by atoms with E-state index in [0.717, 1.165) is 29.7 Å². The highest BCUT2D eigenvalue weighted by Crippen LogP contribution is 2.20. The molecule has 0 saturated carbocycles. The summed E-state index contributed by atoms with van der Waals surface area (Å²) < 4.78 is 7.02. The van der Waals surface area contributed by atoms with Crippen molar-refractivity contribution in [1.29, 1.82) is 0 Å². The summed E-state index contributed by atoms with van der Waals surface area (Å²) in [5, 5.41) is 10.1. The largest absolute Gasteiger partial charge is 0.381 e. The van der Waals surface area contributed by atoms with Gasteiger partial charge in [-0.2, -0.15) is 5.10 Å². The lowest BCUT2D eigenvalue weighted by Gasteiger charge is -2.23. The minimum atomic E-state index is -0.155. The van der Waals surface area contributed by atoms with E-state index in [0.29, 0.717) is 19.8 Å². The Bertz CT molecular complexity index is 664. The Kier molecular flexibility index (Phi) is 4.87. The first-order valence-electron chi connectivity index (χ1n) is 7.77. The molecule has 1 fully saturated rings. The zero-order chi connectivity index (χ0) is 16.1. The quantitative estimate of drug-likeness (QED) is 0.895. The molecule has 2 aromatic heterocycles. The molecular formula is C16H21N5O2. The molecule has 0 aliphatic carbocycles. The van der Waals surface area contributed by atoms with Crippen LogP contribution in [-0.4, -0.2) is 40.1 Å². The average Bonchev–Trinajstić information content (AvgIpc) is 3.00. The molecular weight excluding hydrogens is 294 g/mol. The highest BCUT2D eigenvalue weighted by atomic mass is 16.5. The number of urea groups is 1. The molecule has 7 nitrogen and oxygen atoms in total. The van der Waals surface area contributed by atoms with E-state index in [1.54, 1.807) is 17.1 Å². The van der Waals surface area contributed by atoms with Gasteiger partial charge in [0.2, 0.25) is 0 Å². The molecule has 2 amide bonds. The molecule has 0 unspecified atom stereocenters. The monoisotopic (exact) mass is 315 g/mol. The number of pyridine rings is 1. The molecule has 0 bridgehead atoms. The lowest BCUT2D eigenvalue weighted by atomic mass is 10.1. The molecule has 1 aliphatic rings. The predicted octanol–water partition coefficient (Wildman–Crippen LogP) is 1.46. The highest BCUT2D eigenvalue weighted by molar-refractivity contribution is 5.74. The van der Waals surface area contributed by atoms with Gasteiger partial charge in [-0.15, -0.1) is 0 Å². The topological polar surface area (TPSA) is 81.1 Å². The van der Waals surface area contributed by atoms with E-state index >= 15 is 0 Å². The summed E-state index contributed by atoms with van der Waals surface area (Å²) in [5.74, 6) is 0. The van der Waals surface area contributed by atoms with Gasteiger partial charge in [-0.1, -0.05) is 6.07 Å². The van der Waals surface area contributed by atoms with Crippen molar-refractivity contribution in [3.63, 3.8) is 0 Å². The Balaban J connectivity index is 1.60. The van der Waals surface area contributed by atoms with E-state index in [-0.39, 0.29) is 12.1 Å². The van der Waals surface area contributed by atoms with Gasteiger partial charge < -0.3 is 15.4 Å². The maximum absolute atomic E-state index is 12.0. The first kappa shape index (κ1) is 15.5. The van der Waals surface area contributed by atoms with Gasteiger partial charge in [0.1, 0.15) is 0 Å². The van der Waals surface area contributed by atoms with Crippen LogP contribution in [0.1, 0.15) is 18.4 Å². The number of hydrogen-bond donors (Lipinski definition) is 2. The molecule has 0 spiro atoms. The van der Waals surface area contributed by atoms with Crippen LogP contribution in [-0.2, 0) is 18.3 Å². The van der Waals surface area contributed by atoms with E-state index in [4.69, 9.17) is 4.74 Å². The molecule has 7 heteroatoms. The van der Waals surface area contributed by atoms with E-state index in [9.17, 15) is 4.79 Å². The molecule has 2 N–H and O–H groups in total. The van der Waals surface area contributed by atoms with Crippen LogP contribution in [0.3, 0.4) is 0 Å². The number of aryl methyl sites for hydroxylation is 1. The van der Waals surface area contributed by atoms with Gasteiger partial charge in [0.05, 0.1) is 11.9 Å². The number of aromatic nitrogens is 3. The number of rotatable bonds is 4. The van der Waals surface area contributed by atoms with Crippen molar-refractivity contribution in [1.82, 2.24) is 25.4 Å². The normalized spacial score (nSPS) is 15.3. The number of nitrogens with zero attached hydrogens (tertiary/aromatic N) is 3. The van der Waals surface area contributed by atoms with E-state index in [1.807, 2.05) is 25.4 Å². The van der Waals surface area contributed by atoms with Crippen LogP contribution >= 0.6 is 0 Å². The van der Waals surface area contributed by atoms with Crippen LogP contribution in [0.2, 0.25) is 0 Å². The van der Waals surface area contributed by atoms with Crippen LogP contribution in [0.4, 0.5) is 4.79 Å². The minimum absolute atomic E-state index is 0.155. The molecule has 0 radical (unpaired) electrons. The van der Waals surface area contributed by atoms with Crippen LogP contribution in [0, 0.1) is 0 Å². The van der Waals surface area contributed by atoms with E-state index < -0.39 is 0 Å². The third-order valence-corrected chi connectivity index (χ3v) is 3.87. The number of nitrogens with one attached hydrogen (secondary N) is 2. The number of carbonyl (C=O) groups excluding carboxylic acids is 1. The zero-order valence-electron chi connectivity index (χ0n) is 13.2. The average molecular weight is 315 g/mol. The second kappa shape index (κ2) is 7.23. The Hall–Kier alpha value is -2.41. The summed E-state index contributed by atoms with van der Waals surface area (Å²) in [6.07, 6.45) is 7.15. The Morgan fingerprint density at radius 1 is 1.43 bits per heavy atom. The van der Waals surface area contributed by atoms with Gasteiger partial charge in [-0.25, -0.2) is 4.79 Å². The van der Waals surface area contributed by atoms with Crippen molar-refractivity contribution in [2.45, 2.75) is 25.4 Å². The van der Waals surface area contributed by atoms with Crippen molar-refractivity contribution in [3.8, 4) is 11.3 Å². The summed E-state index contributed by atoms with van der Waals surface area (Å²) >= 11 is 0. The summed E-state index contributed by atoms with van der Waals surface area (Å²) in [7, 11) is 1.87. The molecule has 1 aliphatic heterocycles. The smallest absolute Gasteiger partial charge is 0.315 e. The molecule has 3 heterocycles. The lowest BCUT2D eigenvalue weighted by Crippen LogP contribution is -2.44. The summed E-state index contributed by atoms with van der Waals surface area (Å²) in [6, 6.07) is 3.87.